The van der Waals surface area contributed by atoms with Crippen LogP contribution in [-0.4, -0.2) is 24.1 Å². The van der Waals surface area contributed by atoms with Crippen LogP contribution in [0.4, 0.5) is 0 Å². The molecule has 84 valence electrons. The topological polar surface area (TPSA) is 12.0 Å². The number of nitrogens with one attached hydrogen (secondary N) is 1. The Hall–Kier alpha value is 0.310. The first-order chi connectivity index (χ1) is 6.74. The predicted molar refractivity (Wildman–Crippen MR) is 67.0 cm³/mol. The second kappa shape index (κ2) is 6.73. The van der Waals surface area contributed by atoms with Gasteiger partial charge < -0.3 is 5.32 Å². The molecule has 0 aromatic rings. The molecule has 1 fully saturated rings. The first-order valence-electron chi connectivity index (χ1n) is 6.05. The zero-order valence-electron chi connectivity index (χ0n) is 9.88. The van der Waals surface area contributed by atoms with Crippen LogP contribution in [0.2, 0.25) is 0 Å². The van der Waals surface area contributed by atoms with E-state index < -0.39 is 0 Å². The van der Waals surface area contributed by atoms with Crippen molar-refractivity contribution in [3.8, 4) is 0 Å². The number of hydrogen-bond donors (Lipinski definition) is 1. The van der Waals surface area contributed by atoms with Gasteiger partial charge in [-0.25, -0.2) is 0 Å². The molecule has 2 heteroatoms. The van der Waals surface area contributed by atoms with Gasteiger partial charge in [-0.05, 0) is 49.1 Å². The largest absolute Gasteiger partial charge is 0.314 e. The molecule has 14 heavy (non-hydrogen) atoms. The van der Waals surface area contributed by atoms with E-state index in [0.717, 1.165) is 17.9 Å². The van der Waals surface area contributed by atoms with Crippen molar-refractivity contribution in [3.05, 3.63) is 0 Å². The minimum absolute atomic E-state index is 0.832. The van der Waals surface area contributed by atoms with Gasteiger partial charge >= 0.3 is 0 Å². The molecule has 0 spiro atoms. The normalized spacial score (nSPS) is 18.9. The van der Waals surface area contributed by atoms with Gasteiger partial charge in [0.1, 0.15) is 0 Å². The predicted octanol–water partition coefficient (Wildman–Crippen LogP) is 3.15. The summed E-state index contributed by atoms with van der Waals surface area (Å²) in [6, 6.07) is 0.870. The maximum atomic E-state index is 3.66. The van der Waals surface area contributed by atoms with Gasteiger partial charge in [0.15, 0.2) is 0 Å². The van der Waals surface area contributed by atoms with E-state index in [0.29, 0.717) is 0 Å². The Morgan fingerprint density at radius 2 is 2.07 bits per heavy atom. The Bertz CT molecular complexity index is 143. The van der Waals surface area contributed by atoms with Crippen LogP contribution in [0.3, 0.4) is 0 Å². The van der Waals surface area contributed by atoms with Crippen LogP contribution in [0.1, 0.15) is 40.0 Å². The molecule has 1 rings (SSSR count). The molecular formula is C12H25NS. The monoisotopic (exact) mass is 215 g/mol. The zero-order chi connectivity index (χ0) is 10.4. The molecule has 1 nitrogen and oxygen atoms in total. The van der Waals surface area contributed by atoms with E-state index in [1.165, 1.54) is 37.3 Å². The second-order valence-electron chi connectivity index (χ2n) is 4.67. The average molecular weight is 215 g/mol. The van der Waals surface area contributed by atoms with Crippen LogP contribution >= 0.6 is 11.8 Å². The molecule has 0 bridgehead atoms. The molecule has 0 aromatic carbocycles. The Kier molecular flexibility index (Phi) is 5.95. The summed E-state index contributed by atoms with van der Waals surface area (Å²) in [5.41, 5.74) is 0. The van der Waals surface area contributed by atoms with Crippen molar-refractivity contribution >= 4 is 11.8 Å². The van der Waals surface area contributed by atoms with Gasteiger partial charge in [0, 0.05) is 6.04 Å². The molecule has 0 saturated heterocycles. The quantitative estimate of drug-likeness (QED) is 0.624. The summed E-state index contributed by atoms with van der Waals surface area (Å²) in [6.07, 6.45) is 4.21. The Labute approximate surface area is 93.4 Å². The molecule has 1 aliphatic carbocycles. The van der Waals surface area contributed by atoms with Gasteiger partial charge in [0.05, 0.1) is 0 Å². The van der Waals surface area contributed by atoms with Crippen molar-refractivity contribution in [2.45, 2.75) is 46.1 Å². The Morgan fingerprint density at radius 1 is 1.36 bits per heavy atom. The molecule has 1 atom stereocenters. The van der Waals surface area contributed by atoms with E-state index in [4.69, 9.17) is 0 Å². The van der Waals surface area contributed by atoms with Crippen molar-refractivity contribution < 1.29 is 0 Å². The van der Waals surface area contributed by atoms with Crippen LogP contribution in [0, 0.1) is 11.8 Å². The van der Waals surface area contributed by atoms with E-state index in [1.54, 1.807) is 0 Å². The van der Waals surface area contributed by atoms with Gasteiger partial charge in [-0.2, -0.15) is 11.8 Å². The molecule has 0 radical (unpaired) electrons. The number of rotatable bonds is 8. The fourth-order valence-electron chi connectivity index (χ4n) is 1.66. The fraction of sp³-hybridized carbons (Fsp3) is 1.00. The molecule has 0 aliphatic heterocycles. The lowest BCUT2D eigenvalue weighted by molar-refractivity contribution is 0.354. The summed E-state index contributed by atoms with van der Waals surface area (Å²) < 4.78 is 0. The van der Waals surface area contributed by atoms with Crippen molar-refractivity contribution in [3.63, 3.8) is 0 Å². The van der Waals surface area contributed by atoms with Crippen molar-refractivity contribution in [1.29, 1.82) is 0 Å². The van der Waals surface area contributed by atoms with Crippen LogP contribution in [-0.2, 0) is 0 Å². The first kappa shape index (κ1) is 12.4. The summed E-state index contributed by atoms with van der Waals surface area (Å²) in [7, 11) is 0. The molecule has 1 saturated carbocycles. The van der Waals surface area contributed by atoms with Crippen LogP contribution in [0.25, 0.3) is 0 Å². The highest BCUT2D eigenvalue weighted by molar-refractivity contribution is 7.99. The van der Waals surface area contributed by atoms with Crippen LogP contribution in [0.15, 0.2) is 0 Å². The van der Waals surface area contributed by atoms with Crippen LogP contribution < -0.4 is 5.32 Å². The zero-order valence-corrected chi connectivity index (χ0v) is 10.7. The van der Waals surface area contributed by atoms with E-state index in [-0.39, 0.29) is 0 Å². The fourth-order valence-corrected chi connectivity index (χ4v) is 2.41. The molecule has 0 amide bonds. The van der Waals surface area contributed by atoms with Gasteiger partial charge in [0.25, 0.3) is 0 Å². The summed E-state index contributed by atoms with van der Waals surface area (Å²) in [4.78, 5) is 0. The van der Waals surface area contributed by atoms with Gasteiger partial charge in [-0.15, -0.1) is 0 Å². The van der Waals surface area contributed by atoms with E-state index >= 15 is 0 Å². The summed E-state index contributed by atoms with van der Waals surface area (Å²) in [5.74, 6) is 4.32. The highest BCUT2D eigenvalue weighted by Crippen LogP contribution is 2.22. The van der Waals surface area contributed by atoms with Crippen molar-refractivity contribution in [2.24, 2.45) is 11.8 Å². The third kappa shape index (κ3) is 5.26. The van der Waals surface area contributed by atoms with E-state index in [1.807, 2.05) is 0 Å². The van der Waals surface area contributed by atoms with Gasteiger partial charge in [-0.3, -0.25) is 0 Å². The molecule has 1 aliphatic rings. The summed E-state index contributed by atoms with van der Waals surface area (Å²) in [6.45, 7) is 8.20. The number of hydrogen-bond acceptors (Lipinski definition) is 2. The Balaban J connectivity index is 2.09. The Morgan fingerprint density at radius 3 is 2.57 bits per heavy atom. The number of thioether (sulfide) groups is 1. The summed E-state index contributed by atoms with van der Waals surface area (Å²) in [5, 5.41) is 3.66. The standard InChI is InChI=1S/C12H25NS/c1-4-14-8-7-11(10(2)3)9-13-12-5-6-12/h10-13H,4-9H2,1-3H3. The molecule has 0 heterocycles. The first-order valence-corrected chi connectivity index (χ1v) is 7.20. The molecule has 1 unspecified atom stereocenters. The highest BCUT2D eigenvalue weighted by atomic mass is 32.2. The minimum atomic E-state index is 0.832. The van der Waals surface area contributed by atoms with Gasteiger partial charge in [-0.1, -0.05) is 20.8 Å². The van der Waals surface area contributed by atoms with Gasteiger partial charge in [0.2, 0.25) is 0 Å². The maximum Gasteiger partial charge on any atom is 0.00683 e. The molecule has 0 aromatic heterocycles. The lowest BCUT2D eigenvalue weighted by Gasteiger charge is -2.21. The lowest BCUT2D eigenvalue weighted by Crippen LogP contribution is -2.28. The SMILES string of the molecule is CCSCCC(CNC1CC1)C(C)C. The van der Waals surface area contributed by atoms with Crippen molar-refractivity contribution in [1.82, 2.24) is 5.32 Å². The highest BCUT2D eigenvalue weighted by Gasteiger charge is 2.22. The third-order valence-corrected chi connectivity index (χ3v) is 3.96. The van der Waals surface area contributed by atoms with E-state index in [2.05, 4.69) is 37.8 Å². The maximum absolute atomic E-state index is 3.66. The molecule has 1 N–H and O–H groups in total. The van der Waals surface area contributed by atoms with Crippen molar-refractivity contribution in [2.75, 3.05) is 18.1 Å². The minimum Gasteiger partial charge on any atom is -0.314 e. The second-order valence-corrected chi connectivity index (χ2v) is 6.07. The lowest BCUT2D eigenvalue weighted by atomic mass is 9.93. The average Bonchev–Trinajstić information content (AvgIpc) is 2.94. The molecular weight excluding hydrogens is 190 g/mol. The summed E-state index contributed by atoms with van der Waals surface area (Å²) >= 11 is 2.08. The van der Waals surface area contributed by atoms with E-state index in [9.17, 15) is 0 Å². The smallest absolute Gasteiger partial charge is 0.00683 e. The van der Waals surface area contributed by atoms with Crippen LogP contribution in [0.5, 0.6) is 0 Å². The third-order valence-electron chi connectivity index (χ3n) is 3.03.